The Morgan fingerprint density at radius 1 is 0.978 bits per heavy atom. The lowest BCUT2D eigenvalue weighted by Gasteiger charge is -2.42. The number of rotatable bonds is 10. The second kappa shape index (κ2) is 13.7. The second-order valence-corrected chi connectivity index (χ2v) is 13.2. The molecular weight excluding hydrogens is 615 g/mol. The second-order valence-electron chi connectivity index (χ2n) is 12.8. The Bertz CT molecular complexity index is 1620. The van der Waals surface area contributed by atoms with Gasteiger partial charge < -0.3 is 10.0 Å². The SMILES string of the molecule is O=C(CCC1CCN(CC(F)(F)F)CC1)c1ccc(Cc2nc3c(N4CCC(CO)(c5ccc(Cl)cc5)CC4)cccn3n2)cc1. The smallest absolute Gasteiger partial charge is 0.395 e. The van der Waals surface area contributed by atoms with E-state index in [4.69, 9.17) is 21.7 Å². The number of halogens is 4. The summed E-state index contributed by atoms with van der Waals surface area (Å²) in [6.07, 6.45) is 2.35. The van der Waals surface area contributed by atoms with Gasteiger partial charge in [0.2, 0.25) is 0 Å². The quantitative estimate of drug-likeness (QED) is 0.191. The van der Waals surface area contributed by atoms with E-state index < -0.39 is 12.7 Å². The summed E-state index contributed by atoms with van der Waals surface area (Å²) in [4.78, 5) is 21.5. The van der Waals surface area contributed by atoms with Crippen LogP contribution in [-0.4, -0.2) is 75.9 Å². The fourth-order valence-electron chi connectivity index (χ4n) is 6.93. The average molecular weight is 654 g/mol. The molecule has 2 saturated heterocycles. The summed E-state index contributed by atoms with van der Waals surface area (Å²) in [5, 5.41) is 15.8. The highest BCUT2D eigenvalue weighted by molar-refractivity contribution is 6.30. The number of likely N-dealkylation sites (tertiary alicyclic amines) is 1. The van der Waals surface area contributed by atoms with Crippen molar-refractivity contribution in [2.45, 2.75) is 56.5 Å². The van der Waals surface area contributed by atoms with Crippen molar-refractivity contribution >= 4 is 28.7 Å². The highest BCUT2D eigenvalue weighted by Gasteiger charge is 2.36. The summed E-state index contributed by atoms with van der Waals surface area (Å²) in [5.41, 5.74) is 4.26. The van der Waals surface area contributed by atoms with Gasteiger partial charge in [0.05, 0.1) is 18.8 Å². The first kappa shape index (κ1) is 32.5. The van der Waals surface area contributed by atoms with Crippen molar-refractivity contribution in [2.24, 2.45) is 5.92 Å². The first-order chi connectivity index (χ1) is 22.1. The molecule has 4 heterocycles. The van der Waals surface area contributed by atoms with Crippen LogP contribution in [0.3, 0.4) is 0 Å². The molecule has 2 aliphatic rings. The maximum Gasteiger partial charge on any atom is 0.401 e. The Hall–Kier alpha value is -3.47. The van der Waals surface area contributed by atoms with Gasteiger partial charge >= 0.3 is 6.18 Å². The number of aliphatic hydroxyl groups is 1. The van der Waals surface area contributed by atoms with E-state index in [1.807, 2.05) is 65.3 Å². The number of piperidine rings is 2. The number of alkyl halides is 3. The molecule has 0 bridgehead atoms. The van der Waals surface area contributed by atoms with Crippen molar-refractivity contribution < 1.29 is 23.1 Å². The molecule has 4 aromatic rings. The summed E-state index contributed by atoms with van der Waals surface area (Å²) in [5.74, 6) is 1.03. The van der Waals surface area contributed by atoms with Crippen LogP contribution in [-0.2, 0) is 11.8 Å². The first-order valence-electron chi connectivity index (χ1n) is 16.0. The minimum Gasteiger partial charge on any atom is -0.395 e. The van der Waals surface area contributed by atoms with E-state index in [0.29, 0.717) is 61.6 Å². The number of aliphatic hydroxyl groups excluding tert-OH is 1. The number of hydrogen-bond acceptors (Lipinski definition) is 6. The average Bonchev–Trinajstić information content (AvgIpc) is 3.47. The van der Waals surface area contributed by atoms with Gasteiger partial charge in [-0.1, -0.05) is 48.0 Å². The van der Waals surface area contributed by atoms with Crippen molar-refractivity contribution in [3.63, 3.8) is 0 Å². The molecule has 2 aliphatic heterocycles. The summed E-state index contributed by atoms with van der Waals surface area (Å²) >= 11 is 6.10. The molecule has 0 saturated carbocycles. The van der Waals surface area contributed by atoms with E-state index in [-0.39, 0.29) is 23.7 Å². The van der Waals surface area contributed by atoms with Crippen LogP contribution in [0.2, 0.25) is 5.02 Å². The minimum atomic E-state index is -4.17. The normalized spacial score (nSPS) is 17.9. The van der Waals surface area contributed by atoms with Gasteiger partial charge in [0.1, 0.15) is 0 Å². The molecule has 2 aromatic heterocycles. The van der Waals surface area contributed by atoms with Crippen LogP contribution in [0.15, 0.2) is 66.9 Å². The van der Waals surface area contributed by atoms with Crippen molar-refractivity contribution in [1.29, 1.82) is 0 Å². The zero-order valence-corrected chi connectivity index (χ0v) is 26.5. The molecule has 46 heavy (non-hydrogen) atoms. The molecule has 7 nitrogen and oxygen atoms in total. The van der Waals surface area contributed by atoms with Gasteiger partial charge in [-0.05, 0) is 86.5 Å². The van der Waals surface area contributed by atoms with E-state index in [9.17, 15) is 23.1 Å². The van der Waals surface area contributed by atoms with Crippen LogP contribution in [0.1, 0.15) is 65.8 Å². The summed E-state index contributed by atoms with van der Waals surface area (Å²) < 4.78 is 39.7. The van der Waals surface area contributed by atoms with Crippen LogP contribution < -0.4 is 4.90 Å². The molecule has 0 amide bonds. The van der Waals surface area contributed by atoms with Crippen molar-refractivity contribution in [2.75, 3.05) is 44.2 Å². The summed E-state index contributed by atoms with van der Waals surface area (Å²) in [6, 6.07) is 19.4. The van der Waals surface area contributed by atoms with Crippen LogP contribution in [0, 0.1) is 5.92 Å². The van der Waals surface area contributed by atoms with Gasteiger partial charge in [-0.25, -0.2) is 9.50 Å². The highest BCUT2D eigenvalue weighted by Crippen LogP contribution is 2.38. The zero-order chi connectivity index (χ0) is 32.3. The maximum atomic E-state index is 12.9. The Morgan fingerprint density at radius 2 is 1.67 bits per heavy atom. The molecule has 11 heteroatoms. The third kappa shape index (κ3) is 7.56. The van der Waals surface area contributed by atoms with Gasteiger partial charge in [-0.15, -0.1) is 0 Å². The predicted octanol–water partition coefficient (Wildman–Crippen LogP) is 6.74. The monoisotopic (exact) mass is 653 g/mol. The third-order valence-corrected chi connectivity index (χ3v) is 9.99. The van der Waals surface area contributed by atoms with E-state index in [1.165, 1.54) is 4.90 Å². The molecule has 244 valence electrons. The first-order valence-corrected chi connectivity index (χ1v) is 16.4. The Morgan fingerprint density at radius 3 is 2.33 bits per heavy atom. The number of carbonyl (C=O) groups is 1. The minimum absolute atomic E-state index is 0.0579. The molecule has 6 rings (SSSR count). The van der Waals surface area contributed by atoms with E-state index >= 15 is 0 Å². The number of nitrogens with zero attached hydrogens (tertiary/aromatic N) is 5. The maximum absolute atomic E-state index is 12.9. The summed E-state index contributed by atoms with van der Waals surface area (Å²) in [6.45, 7) is 1.64. The number of benzene rings is 2. The molecule has 2 fully saturated rings. The number of pyridine rings is 1. The Labute approximate surface area is 272 Å². The lowest BCUT2D eigenvalue weighted by Crippen LogP contribution is -2.45. The number of carbonyl (C=O) groups excluding carboxylic acids is 1. The number of ketones is 1. The van der Waals surface area contributed by atoms with Crippen molar-refractivity contribution in [3.05, 3.63) is 94.4 Å². The van der Waals surface area contributed by atoms with E-state index in [1.54, 1.807) is 0 Å². The van der Waals surface area contributed by atoms with Gasteiger partial charge in [-0.2, -0.15) is 18.3 Å². The molecule has 0 radical (unpaired) electrons. The van der Waals surface area contributed by atoms with Crippen LogP contribution in [0.4, 0.5) is 18.9 Å². The van der Waals surface area contributed by atoms with Crippen LogP contribution in [0.5, 0.6) is 0 Å². The van der Waals surface area contributed by atoms with E-state index in [0.717, 1.165) is 48.4 Å². The molecule has 0 atom stereocenters. The predicted molar refractivity (Wildman–Crippen MR) is 173 cm³/mol. The molecule has 0 aliphatic carbocycles. The van der Waals surface area contributed by atoms with Crippen molar-refractivity contribution in [1.82, 2.24) is 19.5 Å². The van der Waals surface area contributed by atoms with Gasteiger partial charge in [0.15, 0.2) is 17.3 Å². The number of Topliss-reactive ketones (excluding diaryl/α,β-unsaturated/α-hetero) is 1. The van der Waals surface area contributed by atoms with E-state index in [2.05, 4.69) is 11.0 Å². The third-order valence-electron chi connectivity index (χ3n) is 9.73. The molecule has 0 unspecified atom stereocenters. The molecule has 0 spiro atoms. The number of aromatic nitrogens is 3. The fraction of sp³-hybridized carbons (Fsp3) is 0.457. The standard InChI is InChI=1S/C35H39ClF3N5O2/c36-29-10-8-28(9-11-29)34(24-45)15-20-43(21-16-34)30-2-1-17-44-33(30)40-32(41-44)22-26-3-6-27(7-4-26)31(46)12-5-25-13-18-42(19-14-25)23-35(37,38)39/h1-4,6-11,17,25,45H,5,12-16,18-24H2. The largest absolute Gasteiger partial charge is 0.401 e. The number of fused-ring (bicyclic) bond motifs is 1. The lowest BCUT2D eigenvalue weighted by molar-refractivity contribution is -0.148. The van der Waals surface area contributed by atoms with Crippen molar-refractivity contribution in [3.8, 4) is 0 Å². The lowest BCUT2D eigenvalue weighted by atomic mass is 9.73. The molecule has 2 aromatic carbocycles. The zero-order valence-electron chi connectivity index (χ0n) is 25.7. The van der Waals surface area contributed by atoms with Crippen LogP contribution >= 0.6 is 11.6 Å². The topological polar surface area (TPSA) is 74.0 Å². The molecule has 1 N–H and O–H groups in total. The Balaban J connectivity index is 1.04. The van der Waals surface area contributed by atoms with Gasteiger partial charge in [0.25, 0.3) is 0 Å². The molecular formula is C35H39ClF3N5O2. The Kier molecular flexibility index (Phi) is 9.68. The fourth-order valence-corrected chi connectivity index (χ4v) is 7.06. The van der Waals surface area contributed by atoms with Crippen LogP contribution in [0.25, 0.3) is 5.65 Å². The number of anilines is 1. The number of hydrogen-bond donors (Lipinski definition) is 1. The van der Waals surface area contributed by atoms with Gasteiger partial charge in [0, 0.05) is 48.1 Å². The highest BCUT2D eigenvalue weighted by atomic mass is 35.5. The summed E-state index contributed by atoms with van der Waals surface area (Å²) in [7, 11) is 0. The van der Waals surface area contributed by atoms with Gasteiger partial charge in [-0.3, -0.25) is 9.69 Å².